The summed E-state index contributed by atoms with van der Waals surface area (Å²) in [5.74, 6) is 0.918. The standard InChI is InChI=1S/C11H14O2/c12-8-9-4-6-11(7-5-9)13-10-2-1-3-10/h4-7,10,12H,1-3,8H2. The Morgan fingerprint density at radius 3 is 2.38 bits per heavy atom. The molecule has 70 valence electrons. The second-order valence-electron chi connectivity index (χ2n) is 3.47. The molecule has 1 aromatic carbocycles. The Kier molecular flexibility index (Phi) is 2.50. The first-order valence-electron chi connectivity index (χ1n) is 4.75. The molecule has 0 aliphatic heterocycles. The van der Waals surface area contributed by atoms with Gasteiger partial charge in [-0.2, -0.15) is 0 Å². The number of rotatable bonds is 3. The van der Waals surface area contributed by atoms with Crippen LogP contribution in [0.1, 0.15) is 24.8 Å². The van der Waals surface area contributed by atoms with Crippen molar-refractivity contribution in [3.8, 4) is 5.75 Å². The van der Waals surface area contributed by atoms with E-state index in [9.17, 15) is 0 Å². The van der Waals surface area contributed by atoms with Crippen molar-refractivity contribution in [1.82, 2.24) is 0 Å². The molecule has 0 unspecified atom stereocenters. The normalized spacial score (nSPS) is 16.7. The molecule has 1 aromatic rings. The first-order chi connectivity index (χ1) is 6.38. The van der Waals surface area contributed by atoms with Crippen molar-refractivity contribution < 1.29 is 9.84 Å². The van der Waals surface area contributed by atoms with Crippen molar-refractivity contribution in [2.75, 3.05) is 0 Å². The SMILES string of the molecule is OCc1ccc(OC2CCC2)cc1. The van der Waals surface area contributed by atoms with Crippen LogP contribution in [0.2, 0.25) is 0 Å². The lowest BCUT2D eigenvalue weighted by molar-refractivity contribution is 0.120. The molecule has 0 bridgehead atoms. The van der Waals surface area contributed by atoms with Gasteiger partial charge in [0.25, 0.3) is 0 Å². The highest BCUT2D eigenvalue weighted by Crippen LogP contribution is 2.25. The predicted molar refractivity (Wildman–Crippen MR) is 50.6 cm³/mol. The molecular weight excluding hydrogens is 164 g/mol. The number of ether oxygens (including phenoxy) is 1. The number of benzene rings is 1. The summed E-state index contributed by atoms with van der Waals surface area (Å²) in [6.07, 6.45) is 4.09. The van der Waals surface area contributed by atoms with Crippen LogP contribution in [0.3, 0.4) is 0 Å². The van der Waals surface area contributed by atoms with Crippen LogP contribution < -0.4 is 4.74 Å². The van der Waals surface area contributed by atoms with E-state index in [2.05, 4.69) is 0 Å². The highest BCUT2D eigenvalue weighted by molar-refractivity contribution is 5.27. The molecular formula is C11H14O2. The molecule has 1 saturated carbocycles. The Labute approximate surface area is 78.2 Å². The quantitative estimate of drug-likeness (QED) is 0.768. The lowest BCUT2D eigenvalue weighted by Gasteiger charge is -2.26. The topological polar surface area (TPSA) is 29.5 Å². The summed E-state index contributed by atoms with van der Waals surface area (Å²) in [4.78, 5) is 0. The largest absolute Gasteiger partial charge is 0.490 e. The van der Waals surface area contributed by atoms with Gasteiger partial charge in [-0.15, -0.1) is 0 Å². The van der Waals surface area contributed by atoms with E-state index in [1.54, 1.807) is 0 Å². The molecule has 0 amide bonds. The molecule has 1 aliphatic rings. The molecule has 0 saturated heterocycles. The van der Waals surface area contributed by atoms with E-state index >= 15 is 0 Å². The molecule has 0 heterocycles. The fourth-order valence-corrected chi connectivity index (χ4v) is 1.35. The van der Waals surface area contributed by atoms with Gasteiger partial charge in [-0.25, -0.2) is 0 Å². The average molecular weight is 178 g/mol. The average Bonchev–Trinajstić information content (AvgIpc) is 2.12. The summed E-state index contributed by atoms with van der Waals surface area (Å²) >= 11 is 0. The number of aliphatic hydroxyl groups excluding tert-OH is 1. The molecule has 1 N–H and O–H groups in total. The molecule has 0 radical (unpaired) electrons. The Morgan fingerprint density at radius 2 is 1.92 bits per heavy atom. The summed E-state index contributed by atoms with van der Waals surface area (Å²) in [6.45, 7) is 0.101. The van der Waals surface area contributed by atoms with Crippen LogP contribution >= 0.6 is 0 Å². The number of hydrogen-bond acceptors (Lipinski definition) is 2. The smallest absolute Gasteiger partial charge is 0.119 e. The van der Waals surface area contributed by atoms with Crippen LogP contribution in [0, 0.1) is 0 Å². The molecule has 0 atom stereocenters. The van der Waals surface area contributed by atoms with Crippen LogP contribution in [-0.4, -0.2) is 11.2 Å². The minimum absolute atomic E-state index is 0.101. The van der Waals surface area contributed by atoms with Gasteiger partial charge < -0.3 is 9.84 Å². The van der Waals surface area contributed by atoms with Gasteiger partial charge in [-0.05, 0) is 37.0 Å². The van der Waals surface area contributed by atoms with E-state index in [0.29, 0.717) is 6.10 Å². The molecule has 1 aliphatic carbocycles. The van der Waals surface area contributed by atoms with E-state index < -0.39 is 0 Å². The zero-order valence-corrected chi connectivity index (χ0v) is 7.57. The van der Waals surface area contributed by atoms with Gasteiger partial charge in [-0.3, -0.25) is 0 Å². The highest BCUT2D eigenvalue weighted by atomic mass is 16.5. The fraction of sp³-hybridized carbons (Fsp3) is 0.455. The van der Waals surface area contributed by atoms with Gasteiger partial charge in [0.2, 0.25) is 0 Å². The zero-order valence-electron chi connectivity index (χ0n) is 7.57. The number of aliphatic hydroxyl groups is 1. The summed E-state index contributed by atoms with van der Waals surface area (Å²) < 4.78 is 5.67. The molecule has 2 heteroatoms. The Hall–Kier alpha value is -1.02. The zero-order chi connectivity index (χ0) is 9.10. The lowest BCUT2D eigenvalue weighted by Crippen LogP contribution is -2.24. The van der Waals surface area contributed by atoms with Crippen molar-refractivity contribution in [2.45, 2.75) is 32.0 Å². The van der Waals surface area contributed by atoms with Crippen molar-refractivity contribution in [1.29, 1.82) is 0 Å². The molecule has 2 nitrogen and oxygen atoms in total. The lowest BCUT2D eigenvalue weighted by atomic mass is 9.96. The third-order valence-corrected chi connectivity index (χ3v) is 2.46. The van der Waals surface area contributed by atoms with Crippen molar-refractivity contribution in [3.05, 3.63) is 29.8 Å². The van der Waals surface area contributed by atoms with Crippen molar-refractivity contribution in [2.24, 2.45) is 0 Å². The summed E-state index contributed by atoms with van der Waals surface area (Å²) in [6, 6.07) is 7.63. The van der Waals surface area contributed by atoms with Gasteiger partial charge in [0.05, 0.1) is 12.7 Å². The predicted octanol–water partition coefficient (Wildman–Crippen LogP) is 2.11. The van der Waals surface area contributed by atoms with Crippen LogP contribution in [0.4, 0.5) is 0 Å². The first-order valence-corrected chi connectivity index (χ1v) is 4.75. The van der Waals surface area contributed by atoms with E-state index in [1.807, 2.05) is 24.3 Å². The van der Waals surface area contributed by atoms with Crippen LogP contribution in [0.5, 0.6) is 5.75 Å². The van der Waals surface area contributed by atoms with E-state index in [0.717, 1.165) is 11.3 Å². The Bertz CT molecular complexity index is 262. The van der Waals surface area contributed by atoms with Gasteiger partial charge in [-0.1, -0.05) is 12.1 Å². The minimum Gasteiger partial charge on any atom is -0.490 e. The maximum Gasteiger partial charge on any atom is 0.119 e. The third-order valence-electron chi connectivity index (χ3n) is 2.46. The second-order valence-corrected chi connectivity index (χ2v) is 3.47. The van der Waals surface area contributed by atoms with E-state index in [-0.39, 0.29) is 6.61 Å². The molecule has 0 aromatic heterocycles. The second kappa shape index (κ2) is 3.79. The number of hydrogen-bond donors (Lipinski definition) is 1. The summed E-state index contributed by atoms with van der Waals surface area (Å²) in [7, 11) is 0. The molecule has 1 fully saturated rings. The Morgan fingerprint density at radius 1 is 1.23 bits per heavy atom. The van der Waals surface area contributed by atoms with Crippen LogP contribution in [0.15, 0.2) is 24.3 Å². The molecule has 13 heavy (non-hydrogen) atoms. The van der Waals surface area contributed by atoms with Gasteiger partial charge in [0.15, 0.2) is 0 Å². The van der Waals surface area contributed by atoms with Gasteiger partial charge in [0, 0.05) is 0 Å². The first kappa shape index (κ1) is 8.57. The maximum absolute atomic E-state index is 8.83. The van der Waals surface area contributed by atoms with Gasteiger partial charge >= 0.3 is 0 Å². The fourth-order valence-electron chi connectivity index (χ4n) is 1.35. The summed E-state index contributed by atoms with van der Waals surface area (Å²) in [5.41, 5.74) is 0.931. The van der Waals surface area contributed by atoms with Crippen LogP contribution in [0.25, 0.3) is 0 Å². The van der Waals surface area contributed by atoms with E-state index in [4.69, 9.17) is 9.84 Å². The summed E-state index contributed by atoms with van der Waals surface area (Å²) in [5, 5.41) is 8.83. The third kappa shape index (κ3) is 2.01. The van der Waals surface area contributed by atoms with Gasteiger partial charge in [0.1, 0.15) is 5.75 Å². The molecule has 2 rings (SSSR count). The van der Waals surface area contributed by atoms with Crippen molar-refractivity contribution >= 4 is 0 Å². The Balaban J connectivity index is 1.96. The van der Waals surface area contributed by atoms with E-state index in [1.165, 1.54) is 19.3 Å². The highest BCUT2D eigenvalue weighted by Gasteiger charge is 2.18. The van der Waals surface area contributed by atoms with Crippen LogP contribution in [-0.2, 0) is 6.61 Å². The molecule has 0 spiro atoms. The minimum atomic E-state index is 0.101. The maximum atomic E-state index is 8.83. The monoisotopic (exact) mass is 178 g/mol. The van der Waals surface area contributed by atoms with Crippen molar-refractivity contribution in [3.63, 3.8) is 0 Å².